The third-order valence-electron chi connectivity index (χ3n) is 4.70. The smallest absolute Gasteiger partial charge is 0.191 e. The maximum absolute atomic E-state index is 12.2. The number of nitrogens with two attached hydrogens (primary N) is 1. The van der Waals surface area contributed by atoms with E-state index in [9.17, 15) is 8.42 Å². The summed E-state index contributed by atoms with van der Waals surface area (Å²) in [5, 5.41) is 0. The van der Waals surface area contributed by atoms with Crippen molar-refractivity contribution in [3.8, 4) is 0 Å². The Hall–Kier alpha value is -0.0900. The van der Waals surface area contributed by atoms with Gasteiger partial charge in [-0.2, -0.15) is 0 Å². The second-order valence-corrected chi connectivity index (χ2v) is 8.85. The average Bonchev–Trinajstić information content (AvgIpc) is 2.44. The molecule has 0 amide bonds. The fourth-order valence-corrected chi connectivity index (χ4v) is 4.32. The Labute approximate surface area is 150 Å². The predicted molar refractivity (Wildman–Crippen MR) is 99.5 cm³/mol. The van der Waals surface area contributed by atoms with Crippen molar-refractivity contribution in [2.75, 3.05) is 39.1 Å². The van der Waals surface area contributed by atoms with Gasteiger partial charge in [-0.15, -0.1) is 24.0 Å². The second kappa shape index (κ2) is 8.14. The van der Waals surface area contributed by atoms with Gasteiger partial charge in [-0.3, -0.25) is 4.99 Å². The summed E-state index contributed by atoms with van der Waals surface area (Å²) in [5.41, 5.74) is 6.08. The van der Waals surface area contributed by atoms with E-state index >= 15 is 0 Å². The molecule has 2 fully saturated rings. The van der Waals surface area contributed by atoms with E-state index in [1.807, 2.05) is 0 Å². The first-order valence-electron chi connectivity index (χ1n) is 7.66. The minimum atomic E-state index is -3.19. The maximum Gasteiger partial charge on any atom is 0.191 e. The van der Waals surface area contributed by atoms with Crippen LogP contribution in [0.2, 0.25) is 0 Å². The third kappa shape index (κ3) is 4.70. The fourth-order valence-electron chi connectivity index (χ4n) is 3.11. The Kier molecular flexibility index (Phi) is 7.38. The molecule has 6 nitrogen and oxygen atoms in total. The highest BCUT2D eigenvalue weighted by atomic mass is 127. The standard InChI is InChI=1S/C14H27N3O3S.HI/c1-12-4-3-7-17(10-12)13(15)16-11-14(21(2,18)19)5-8-20-9-6-14;/h12H,3-11H2,1-2H3,(H2,15,16);1H. The van der Waals surface area contributed by atoms with Crippen LogP contribution in [0.1, 0.15) is 32.6 Å². The Balaban J connectivity index is 0.00000242. The van der Waals surface area contributed by atoms with Crippen LogP contribution in [0.15, 0.2) is 4.99 Å². The van der Waals surface area contributed by atoms with Gasteiger partial charge in [0, 0.05) is 32.6 Å². The van der Waals surface area contributed by atoms with Gasteiger partial charge >= 0.3 is 0 Å². The molecule has 130 valence electrons. The molecule has 22 heavy (non-hydrogen) atoms. The number of aliphatic imine (C=N–C) groups is 1. The first-order valence-corrected chi connectivity index (χ1v) is 9.55. The molecule has 2 saturated heterocycles. The zero-order chi connectivity index (χ0) is 15.5. The summed E-state index contributed by atoms with van der Waals surface area (Å²) >= 11 is 0. The van der Waals surface area contributed by atoms with Crippen LogP contribution in [0.3, 0.4) is 0 Å². The first-order chi connectivity index (χ1) is 9.84. The highest BCUT2D eigenvalue weighted by Crippen LogP contribution is 2.29. The second-order valence-electron chi connectivity index (χ2n) is 6.44. The lowest BCUT2D eigenvalue weighted by molar-refractivity contribution is 0.0767. The molecule has 0 saturated carbocycles. The number of hydrogen-bond donors (Lipinski definition) is 1. The fraction of sp³-hybridized carbons (Fsp3) is 0.929. The number of halogens is 1. The van der Waals surface area contributed by atoms with E-state index in [2.05, 4.69) is 16.8 Å². The summed E-state index contributed by atoms with van der Waals surface area (Å²) in [4.78, 5) is 6.50. The van der Waals surface area contributed by atoms with Crippen molar-refractivity contribution in [2.45, 2.75) is 37.4 Å². The summed E-state index contributed by atoms with van der Waals surface area (Å²) in [6, 6.07) is 0. The van der Waals surface area contributed by atoms with E-state index in [0.717, 1.165) is 19.5 Å². The molecular weight excluding hydrogens is 417 g/mol. The normalized spacial score (nSPS) is 26.4. The zero-order valence-electron chi connectivity index (χ0n) is 13.5. The highest BCUT2D eigenvalue weighted by Gasteiger charge is 2.42. The lowest BCUT2D eigenvalue weighted by atomic mass is 9.99. The van der Waals surface area contributed by atoms with E-state index < -0.39 is 14.6 Å². The van der Waals surface area contributed by atoms with E-state index in [1.165, 1.54) is 12.7 Å². The molecule has 1 atom stereocenters. The van der Waals surface area contributed by atoms with Crippen LogP contribution >= 0.6 is 24.0 Å². The molecule has 0 bridgehead atoms. The quantitative estimate of drug-likeness (QED) is 0.402. The van der Waals surface area contributed by atoms with Gasteiger partial charge in [-0.25, -0.2) is 8.42 Å². The van der Waals surface area contributed by atoms with Gasteiger partial charge in [0.1, 0.15) is 0 Å². The Morgan fingerprint density at radius 1 is 1.41 bits per heavy atom. The SMILES string of the molecule is CC1CCCN(C(N)=NCC2(S(C)(=O)=O)CCOCC2)C1.I. The van der Waals surface area contributed by atoms with Gasteiger partial charge in [-0.1, -0.05) is 6.92 Å². The number of likely N-dealkylation sites (tertiary alicyclic amines) is 1. The van der Waals surface area contributed by atoms with Crippen molar-refractivity contribution in [1.29, 1.82) is 0 Å². The molecule has 0 aliphatic carbocycles. The van der Waals surface area contributed by atoms with Crippen LogP contribution < -0.4 is 5.73 Å². The Morgan fingerprint density at radius 3 is 2.59 bits per heavy atom. The third-order valence-corrected chi connectivity index (χ3v) is 6.81. The molecule has 2 N–H and O–H groups in total. The summed E-state index contributed by atoms with van der Waals surface area (Å²) in [6.45, 7) is 5.22. The van der Waals surface area contributed by atoms with Gasteiger partial charge in [-0.05, 0) is 31.6 Å². The Morgan fingerprint density at radius 2 is 2.05 bits per heavy atom. The molecule has 0 radical (unpaired) electrons. The summed E-state index contributed by atoms with van der Waals surface area (Å²) in [6.07, 6.45) is 4.63. The minimum Gasteiger partial charge on any atom is -0.381 e. The van der Waals surface area contributed by atoms with E-state index in [1.54, 1.807) is 0 Å². The summed E-state index contributed by atoms with van der Waals surface area (Å²) < 4.78 is 28.8. The van der Waals surface area contributed by atoms with Gasteiger partial charge in [0.05, 0.1) is 11.3 Å². The van der Waals surface area contributed by atoms with E-state index in [-0.39, 0.29) is 30.5 Å². The van der Waals surface area contributed by atoms with Gasteiger partial charge in [0.25, 0.3) is 0 Å². The van der Waals surface area contributed by atoms with Crippen molar-refractivity contribution in [1.82, 2.24) is 4.90 Å². The van der Waals surface area contributed by atoms with Crippen LogP contribution in [-0.2, 0) is 14.6 Å². The van der Waals surface area contributed by atoms with Gasteiger partial charge in [0.15, 0.2) is 15.8 Å². The summed E-state index contributed by atoms with van der Waals surface area (Å²) in [5.74, 6) is 1.09. The number of rotatable bonds is 3. The molecular formula is C14H28IN3O3S. The van der Waals surface area contributed by atoms with Crippen molar-refractivity contribution >= 4 is 39.8 Å². The molecule has 0 spiro atoms. The topological polar surface area (TPSA) is 85.0 Å². The zero-order valence-corrected chi connectivity index (χ0v) is 16.6. The van der Waals surface area contributed by atoms with Gasteiger partial charge in [0.2, 0.25) is 0 Å². The monoisotopic (exact) mass is 445 g/mol. The average molecular weight is 445 g/mol. The molecule has 0 aromatic heterocycles. The van der Waals surface area contributed by atoms with Crippen LogP contribution in [0.4, 0.5) is 0 Å². The molecule has 2 heterocycles. The molecule has 1 unspecified atom stereocenters. The van der Waals surface area contributed by atoms with Crippen molar-refractivity contribution in [3.05, 3.63) is 0 Å². The molecule has 8 heteroatoms. The lowest BCUT2D eigenvalue weighted by Crippen LogP contribution is -2.48. The van der Waals surface area contributed by atoms with E-state index in [4.69, 9.17) is 10.5 Å². The molecule has 0 aromatic carbocycles. The number of sulfone groups is 1. The molecule has 2 rings (SSSR count). The molecule has 2 aliphatic rings. The molecule has 2 aliphatic heterocycles. The van der Waals surface area contributed by atoms with Crippen LogP contribution in [0.25, 0.3) is 0 Å². The van der Waals surface area contributed by atoms with Crippen molar-refractivity contribution in [2.24, 2.45) is 16.6 Å². The number of guanidine groups is 1. The van der Waals surface area contributed by atoms with Crippen LogP contribution in [0.5, 0.6) is 0 Å². The van der Waals surface area contributed by atoms with Crippen molar-refractivity contribution in [3.63, 3.8) is 0 Å². The van der Waals surface area contributed by atoms with Gasteiger partial charge < -0.3 is 15.4 Å². The first kappa shape index (κ1) is 20.0. The molecule has 0 aromatic rings. The highest BCUT2D eigenvalue weighted by molar-refractivity contribution is 14.0. The maximum atomic E-state index is 12.2. The number of piperidine rings is 1. The number of nitrogens with zero attached hydrogens (tertiary/aromatic N) is 2. The summed E-state index contributed by atoms with van der Waals surface area (Å²) in [7, 11) is -3.19. The lowest BCUT2D eigenvalue weighted by Gasteiger charge is -2.35. The predicted octanol–water partition coefficient (Wildman–Crippen LogP) is 1.24. The van der Waals surface area contributed by atoms with Crippen molar-refractivity contribution < 1.29 is 13.2 Å². The number of ether oxygens (including phenoxy) is 1. The Bertz CT molecular complexity index is 490. The van der Waals surface area contributed by atoms with Crippen LogP contribution in [0, 0.1) is 5.92 Å². The number of hydrogen-bond acceptors (Lipinski definition) is 4. The van der Waals surface area contributed by atoms with Crippen LogP contribution in [-0.4, -0.2) is 63.1 Å². The largest absolute Gasteiger partial charge is 0.381 e. The minimum absolute atomic E-state index is 0. The van der Waals surface area contributed by atoms with E-state index in [0.29, 0.717) is 37.9 Å².